The summed E-state index contributed by atoms with van der Waals surface area (Å²) in [5, 5.41) is 17.8. The molecule has 0 bridgehead atoms. The van der Waals surface area contributed by atoms with Crippen molar-refractivity contribution in [2.75, 3.05) is 12.4 Å². The Hall–Kier alpha value is -3.29. The fourth-order valence-electron chi connectivity index (χ4n) is 2.19. The summed E-state index contributed by atoms with van der Waals surface area (Å²) in [7, 11) is -3.36. The number of rotatable bonds is 5. The summed E-state index contributed by atoms with van der Waals surface area (Å²) in [5.74, 6) is 4.83. The summed E-state index contributed by atoms with van der Waals surface area (Å²) in [6.45, 7) is 2.84. The van der Waals surface area contributed by atoms with Crippen molar-refractivity contribution in [3.63, 3.8) is 0 Å². The van der Waals surface area contributed by atoms with Gasteiger partial charge in [-0.15, -0.1) is 0 Å². The van der Waals surface area contributed by atoms with Crippen molar-refractivity contribution in [3.05, 3.63) is 58.7 Å². The molecule has 0 aliphatic rings. The molecule has 0 radical (unpaired) electrons. The SMILES string of the molecule is CCS(=O)(=O)c1ccc(C)c(C#Cc2cc(C#N)ccc2OCC(=O)O)c1. The van der Waals surface area contributed by atoms with Crippen LogP contribution >= 0.6 is 0 Å². The van der Waals surface area contributed by atoms with Crippen LogP contribution in [0.1, 0.15) is 29.2 Å². The van der Waals surface area contributed by atoms with Crippen LogP contribution in [0.25, 0.3) is 0 Å². The Kier molecular flexibility index (Phi) is 6.23. The molecule has 2 rings (SSSR count). The summed E-state index contributed by atoms with van der Waals surface area (Å²) < 4.78 is 29.3. The second-order valence-corrected chi connectivity index (χ2v) is 7.91. The molecule has 0 aliphatic heterocycles. The minimum absolute atomic E-state index is 0.0136. The van der Waals surface area contributed by atoms with E-state index in [1.165, 1.54) is 30.3 Å². The molecule has 1 N–H and O–H groups in total. The van der Waals surface area contributed by atoms with Crippen molar-refractivity contribution in [3.8, 4) is 23.7 Å². The smallest absolute Gasteiger partial charge is 0.341 e. The van der Waals surface area contributed by atoms with E-state index >= 15 is 0 Å². The maximum Gasteiger partial charge on any atom is 0.341 e. The Morgan fingerprint density at radius 1 is 1.15 bits per heavy atom. The van der Waals surface area contributed by atoms with Crippen molar-refractivity contribution in [1.82, 2.24) is 0 Å². The third-order valence-corrected chi connectivity index (χ3v) is 5.47. The molecule has 7 heteroatoms. The number of ether oxygens (including phenoxy) is 1. The van der Waals surface area contributed by atoms with Gasteiger partial charge in [-0.25, -0.2) is 13.2 Å². The van der Waals surface area contributed by atoms with E-state index in [1.54, 1.807) is 19.9 Å². The van der Waals surface area contributed by atoms with Gasteiger partial charge in [-0.05, 0) is 42.8 Å². The lowest BCUT2D eigenvalue weighted by molar-refractivity contribution is -0.139. The third kappa shape index (κ3) is 5.10. The van der Waals surface area contributed by atoms with Gasteiger partial charge < -0.3 is 9.84 Å². The summed E-state index contributed by atoms with van der Waals surface area (Å²) >= 11 is 0. The molecule has 2 aromatic carbocycles. The zero-order valence-corrected chi connectivity index (χ0v) is 15.6. The fourth-order valence-corrected chi connectivity index (χ4v) is 3.10. The Morgan fingerprint density at radius 2 is 1.85 bits per heavy atom. The molecule has 0 aromatic heterocycles. The number of carboxylic acids is 1. The standard InChI is InChI=1S/C20H17NO5S/c1-3-27(24,25)18-8-4-14(2)16(11-18)6-7-17-10-15(12-21)5-9-19(17)26-13-20(22)23/h4-5,8-11H,3,13H2,1-2H3,(H,22,23). The molecule has 6 nitrogen and oxygen atoms in total. The van der Waals surface area contributed by atoms with Gasteiger partial charge >= 0.3 is 5.97 Å². The predicted octanol–water partition coefficient (Wildman–Crippen LogP) is 2.52. The van der Waals surface area contributed by atoms with E-state index in [9.17, 15) is 13.2 Å². The van der Waals surface area contributed by atoms with Crippen LogP contribution in [0.4, 0.5) is 0 Å². The average Bonchev–Trinajstić information content (AvgIpc) is 2.65. The molecule has 0 heterocycles. The van der Waals surface area contributed by atoms with Crippen LogP contribution < -0.4 is 4.74 Å². The monoisotopic (exact) mass is 383 g/mol. The first-order valence-corrected chi connectivity index (χ1v) is 9.66. The number of benzene rings is 2. The van der Waals surface area contributed by atoms with Gasteiger partial charge in [0.15, 0.2) is 16.4 Å². The van der Waals surface area contributed by atoms with Crippen LogP contribution in [0.3, 0.4) is 0 Å². The van der Waals surface area contributed by atoms with Crippen LogP contribution in [-0.4, -0.2) is 31.9 Å². The van der Waals surface area contributed by atoms with E-state index < -0.39 is 22.4 Å². The van der Waals surface area contributed by atoms with Crippen LogP contribution in [-0.2, 0) is 14.6 Å². The average molecular weight is 383 g/mol. The number of sulfone groups is 1. The van der Waals surface area contributed by atoms with Gasteiger partial charge in [-0.1, -0.05) is 24.8 Å². The number of nitrogens with zero attached hydrogens (tertiary/aromatic N) is 1. The molecule has 2 aromatic rings. The van der Waals surface area contributed by atoms with Crippen molar-refractivity contribution >= 4 is 15.8 Å². The maximum atomic E-state index is 12.1. The lowest BCUT2D eigenvalue weighted by Crippen LogP contribution is -2.10. The van der Waals surface area contributed by atoms with E-state index in [1.807, 2.05) is 6.07 Å². The lowest BCUT2D eigenvalue weighted by Gasteiger charge is -2.06. The van der Waals surface area contributed by atoms with Crippen molar-refractivity contribution in [2.24, 2.45) is 0 Å². The molecule has 0 saturated carbocycles. The second kappa shape index (κ2) is 8.39. The van der Waals surface area contributed by atoms with Crippen molar-refractivity contribution in [2.45, 2.75) is 18.7 Å². The highest BCUT2D eigenvalue weighted by Gasteiger charge is 2.12. The van der Waals surface area contributed by atoms with Gasteiger partial charge in [0.05, 0.1) is 27.8 Å². The predicted molar refractivity (Wildman–Crippen MR) is 99.2 cm³/mol. The van der Waals surface area contributed by atoms with Gasteiger partial charge in [-0.3, -0.25) is 0 Å². The van der Waals surface area contributed by atoms with Gasteiger partial charge in [0.2, 0.25) is 0 Å². The van der Waals surface area contributed by atoms with Crippen LogP contribution in [0.15, 0.2) is 41.3 Å². The van der Waals surface area contributed by atoms with Gasteiger partial charge in [0.25, 0.3) is 0 Å². The second-order valence-electron chi connectivity index (χ2n) is 5.64. The molecule has 0 saturated heterocycles. The van der Waals surface area contributed by atoms with E-state index in [0.717, 1.165) is 5.56 Å². The van der Waals surface area contributed by atoms with Crippen molar-refractivity contribution in [1.29, 1.82) is 5.26 Å². The van der Waals surface area contributed by atoms with E-state index in [0.29, 0.717) is 16.7 Å². The Bertz CT molecular complexity index is 1090. The molecule has 138 valence electrons. The first kappa shape index (κ1) is 20.0. The third-order valence-electron chi connectivity index (χ3n) is 3.74. The van der Waals surface area contributed by atoms with Crippen LogP contribution in [0.5, 0.6) is 5.75 Å². The van der Waals surface area contributed by atoms with Crippen molar-refractivity contribution < 1.29 is 23.1 Å². The maximum absolute atomic E-state index is 12.1. The molecular weight excluding hydrogens is 366 g/mol. The minimum Gasteiger partial charge on any atom is -0.481 e. The number of aryl methyl sites for hydroxylation is 1. The Balaban J connectivity index is 2.49. The molecule has 0 fully saturated rings. The number of nitriles is 1. The Labute approximate surface area is 157 Å². The van der Waals surface area contributed by atoms with Gasteiger partial charge in [0.1, 0.15) is 5.75 Å². The van der Waals surface area contributed by atoms with Gasteiger partial charge in [0, 0.05) is 5.56 Å². The summed E-state index contributed by atoms with van der Waals surface area (Å²) in [5.41, 5.74) is 2.01. The molecule has 0 amide bonds. The Morgan fingerprint density at radius 3 is 2.48 bits per heavy atom. The van der Waals surface area contributed by atoms with E-state index in [-0.39, 0.29) is 16.4 Å². The first-order chi connectivity index (χ1) is 12.8. The minimum atomic E-state index is -3.36. The summed E-state index contributed by atoms with van der Waals surface area (Å²) in [4.78, 5) is 10.9. The zero-order chi connectivity index (χ0) is 20.0. The fraction of sp³-hybridized carbons (Fsp3) is 0.200. The molecule has 0 spiro atoms. The largest absolute Gasteiger partial charge is 0.481 e. The highest BCUT2D eigenvalue weighted by molar-refractivity contribution is 7.91. The summed E-state index contributed by atoms with van der Waals surface area (Å²) in [6, 6.07) is 11.2. The molecule has 0 aliphatic carbocycles. The topological polar surface area (TPSA) is 104 Å². The lowest BCUT2D eigenvalue weighted by atomic mass is 10.1. The molecule has 0 atom stereocenters. The van der Waals surface area contributed by atoms with E-state index in [4.69, 9.17) is 15.1 Å². The normalized spacial score (nSPS) is 10.4. The first-order valence-electron chi connectivity index (χ1n) is 8.01. The van der Waals surface area contributed by atoms with E-state index in [2.05, 4.69) is 11.8 Å². The number of hydrogen-bond acceptors (Lipinski definition) is 5. The number of carbonyl (C=O) groups is 1. The van der Waals surface area contributed by atoms with Crippen LogP contribution in [0, 0.1) is 30.1 Å². The highest BCUT2D eigenvalue weighted by atomic mass is 32.2. The molecule has 0 unspecified atom stereocenters. The summed E-state index contributed by atoms with van der Waals surface area (Å²) in [6.07, 6.45) is 0. The zero-order valence-electron chi connectivity index (χ0n) is 14.8. The quantitative estimate of drug-likeness (QED) is 0.796. The number of carboxylic acid groups (broad SMARTS) is 1. The highest BCUT2D eigenvalue weighted by Crippen LogP contribution is 2.20. The van der Waals surface area contributed by atoms with Crippen LogP contribution in [0.2, 0.25) is 0 Å². The number of hydrogen-bond donors (Lipinski definition) is 1. The van der Waals surface area contributed by atoms with Gasteiger partial charge in [-0.2, -0.15) is 5.26 Å². The molecule has 27 heavy (non-hydrogen) atoms. The molecular formula is C20H17NO5S. The number of aliphatic carboxylic acids is 1.